The third kappa shape index (κ3) is 3.09. The molecule has 1 atom stereocenters. The molecule has 1 fully saturated rings. The fourth-order valence-corrected chi connectivity index (χ4v) is 1.64. The summed E-state index contributed by atoms with van der Waals surface area (Å²) in [6.07, 6.45) is 0. The molecular weight excluding hydrogens is 150 g/mol. The number of piperazine rings is 1. The topological polar surface area (TPSA) is 27.3 Å². The Bertz CT molecular complexity index is 116. The van der Waals surface area contributed by atoms with E-state index in [1.165, 1.54) is 19.6 Å². The zero-order valence-corrected chi connectivity index (χ0v) is 8.27. The Hall–Kier alpha value is -0.120. The first-order valence-corrected chi connectivity index (χ1v) is 5.03. The van der Waals surface area contributed by atoms with Crippen molar-refractivity contribution in [3.05, 3.63) is 0 Å². The van der Waals surface area contributed by atoms with Crippen LogP contribution in [0.3, 0.4) is 0 Å². The standard InChI is InChI=1S/C9H21N3/c1-3-10-7-9-8-12(4-2)6-5-11-9/h9-11H,3-8H2,1-2H3. The van der Waals surface area contributed by atoms with Gasteiger partial charge in [0, 0.05) is 32.2 Å². The lowest BCUT2D eigenvalue weighted by molar-refractivity contribution is 0.206. The summed E-state index contributed by atoms with van der Waals surface area (Å²) in [6, 6.07) is 0.652. The van der Waals surface area contributed by atoms with Gasteiger partial charge < -0.3 is 15.5 Å². The van der Waals surface area contributed by atoms with E-state index in [-0.39, 0.29) is 0 Å². The highest BCUT2D eigenvalue weighted by atomic mass is 15.2. The first-order chi connectivity index (χ1) is 5.86. The number of rotatable bonds is 4. The molecule has 0 amide bonds. The summed E-state index contributed by atoms with van der Waals surface area (Å²) in [5, 5.41) is 6.89. The zero-order valence-electron chi connectivity index (χ0n) is 8.27. The molecule has 1 unspecified atom stereocenters. The van der Waals surface area contributed by atoms with Crippen molar-refractivity contribution in [3.63, 3.8) is 0 Å². The molecule has 0 bridgehead atoms. The van der Waals surface area contributed by atoms with Gasteiger partial charge in [-0.15, -0.1) is 0 Å². The first-order valence-electron chi connectivity index (χ1n) is 5.03. The van der Waals surface area contributed by atoms with Crippen LogP contribution in [0.15, 0.2) is 0 Å². The molecule has 1 aliphatic rings. The minimum absolute atomic E-state index is 0.652. The normalized spacial score (nSPS) is 26.0. The Morgan fingerprint density at radius 1 is 1.50 bits per heavy atom. The Kier molecular flexibility index (Phi) is 4.58. The van der Waals surface area contributed by atoms with Crippen molar-refractivity contribution in [2.45, 2.75) is 19.9 Å². The molecule has 1 aliphatic heterocycles. The Balaban J connectivity index is 2.16. The third-order valence-corrected chi connectivity index (χ3v) is 2.43. The lowest BCUT2D eigenvalue weighted by Gasteiger charge is -2.32. The van der Waals surface area contributed by atoms with E-state index in [9.17, 15) is 0 Å². The van der Waals surface area contributed by atoms with Crippen molar-refractivity contribution in [1.82, 2.24) is 15.5 Å². The van der Waals surface area contributed by atoms with E-state index in [4.69, 9.17) is 0 Å². The van der Waals surface area contributed by atoms with Crippen LogP contribution >= 0.6 is 0 Å². The van der Waals surface area contributed by atoms with Crippen molar-refractivity contribution >= 4 is 0 Å². The molecule has 0 saturated carbocycles. The monoisotopic (exact) mass is 171 g/mol. The molecule has 12 heavy (non-hydrogen) atoms. The highest BCUT2D eigenvalue weighted by molar-refractivity contribution is 4.79. The second-order valence-corrected chi connectivity index (χ2v) is 3.35. The van der Waals surface area contributed by atoms with Crippen LogP contribution in [0.25, 0.3) is 0 Å². The van der Waals surface area contributed by atoms with E-state index in [1.807, 2.05) is 0 Å². The summed E-state index contributed by atoms with van der Waals surface area (Å²) in [6.45, 7) is 11.3. The smallest absolute Gasteiger partial charge is 0.0320 e. The van der Waals surface area contributed by atoms with Crippen LogP contribution in [-0.2, 0) is 0 Å². The maximum absolute atomic E-state index is 3.51. The first kappa shape index (κ1) is 9.96. The van der Waals surface area contributed by atoms with E-state index < -0.39 is 0 Å². The minimum Gasteiger partial charge on any atom is -0.315 e. The van der Waals surface area contributed by atoms with Crippen LogP contribution in [0, 0.1) is 0 Å². The largest absolute Gasteiger partial charge is 0.315 e. The van der Waals surface area contributed by atoms with Crippen molar-refractivity contribution < 1.29 is 0 Å². The molecule has 3 heteroatoms. The SMILES string of the molecule is CCNCC1CN(CC)CCN1. The van der Waals surface area contributed by atoms with Crippen LogP contribution in [-0.4, -0.2) is 50.2 Å². The quantitative estimate of drug-likeness (QED) is 0.618. The summed E-state index contributed by atoms with van der Waals surface area (Å²) in [5.74, 6) is 0. The maximum Gasteiger partial charge on any atom is 0.0320 e. The van der Waals surface area contributed by atoms with Gasteiger partial charge in [0.2, 0.25) is 0 Å². The van der Waals surface area contributed by atoms with Crippen LogP contribution in [0.2, 0.25) is 0 Å². The van der Waals surface area contributed by atoms with Gasteiger partial charge in [0.05, 0.1) is 0 Å². The van der Waals surface area contributed by atoms with Gasteiger partial charge in [-0.05, 0) is 13.1 Å². The fourth-order valence-electron chi connectivity index (χ4n) is 1.64. The van der Waals surface area contributed by atoms with Crippen LogP contribution < -0.4 is 10.6 Å². The van der Waals surface area contributed by atoms with Crippen LogP contribution in [0.1, 0.15) is 13.8 Å². The number of hydrogen-bond donors (Lipinski definition) is 2. The Labute approximate surface area is 75.5 Å². The summed E-state index contributed by atoms with van der Waals surface area (Å²) < 4.78 is 0. The van der Waals surface area contributed by atoms with Gasteiger partial charge in [-0.1, -0.05) is 13.8 Å². The molecule has 0 aromatic rings. The van der Waals surface area contributed by atoms with Gasteiger partial charge in [0.15, 0.2) is 0 Å². The number of nitrogens with one attached hydrogen (secondary N) is 2. The van der Waals surface area contributed by atoms with Gasteiger partial charge in [-0.3, -0.25) is 0 Å². The van der Waals surface area contributed by atoms with Gasteiger partial charge in [0.1, 0.15) is 0 Å². The third-order valence-electron chi connectivity index (χ3n) is 2.43. The predicted molar refractivity (Wildman–Crippen MR) is 52.4 cm³/mol. The molecule has 0 radical (unpaired) electrons. The fraction of sp³-hybridized carbons (Fsp3) is 1.00. The predicted octanol–water partition coefficient (Wildman–Crippen LogP) is -0.110. The second-order valence-electron chi connectivity index (χ2n) is 3.35. The molecule has 0 spiro atoms. The summed E-state index contributed by atoms with van der Waals surface area (Å²) in [5.41, 5.74) is 0. The van der Waals surface area contributed by atoms with Gasteiger partial charge in [0.25, 0.3) is 0 Å². The van der Waals surface area contributed by atoms with Crippen molar-refractivity contribution in [2.24, 2.45) is 0 Å². The van der Waals surface area contributed by atoms with Gasteiger partial charge in [-0.25, -0.2) is 0 Å². The molecule has 0 aromatic heterocycles. The summed E-state index contributed by atoms with van der Waals surface area (Å²) in [7, 11) is 0. The highest BCUT2D eigenvalue weighted by Crippen LogP contribution is 1.96. The molecule has 1 rings (SSSR count). The minimum atomic E-state index is 0.652. The maximum atomic E-state index is 3.51. The van der Waals surface area contributed by atoms with Gasteiger partial charge in [-0.2, -0.15) is 0 Å². The molecular formula is C9H21N3. The second kappa shape index (κ2) is 5.51. The van der Waals surface area contributed by atoms with Crippen molar-refractivity contribution in [1.29, 1.82) is 0 Å². The van der Waals surface area contributed by atoms with E-state index >= 15 is 0 Å². The van der Waals surface area contributed by atoms with Gasteiger partial charge >= 0.3 is 0 Å². The van der Waals surface area contributed by atoms with Crippen LogP contribution in [0.4, 0.5) is 0 Å². The summed E-state index contributed by atoms with van der Waals surface area (Å²) in [4.78, 5) is 2.50. The highest BCUT2D eigenvalue weighted by Gasteiger charge is 2.16. The van der Waals surface area contributed by atoms with E-state index in [0.29, 0.717) is 6.04 Å². The molecule has 2 N–H and O–H groups in total. The summed E-state index contributed by atoms with van der Waals surface area (Å²) >= 11 is 0. The van der Waals surface area contributed by atoms with Crippen molar-refractivity contribution in [3.8, 4) is 0 Å². The van der Waals surface area contributed by atoms with E-state index in [2.05, 4.69) is 29.4 Å². The lowest BCUT2D eigenvalue weighted by atomic mass is 10.2. The van der Waals surface area contributed by atoms with E-state index in [0.717, 1.165) is 19.6 Å². The number of hydrogen-bond acceptors (Lipinski definition) is 3. The average Bonchev–Trinajstić information content (AvgIpc) is 2.15. The molecule has 3 nitrogen and oxygen atoms in total. The zero-order chi connectivity index (χ0) is 8.81. The molecule has 1 heterocycles. The van der Waals surface area contributed by atoms with Crippen LogP contribution in [0.5, 0.6) is 0 Å². The Morgan fingerprint density at radius 3 is 3.00 bits per heavy atom. The van der Waals surface area contributed by atoms with Crippen molar-refractivity contribution in [2.75, 3.05) is 39.3 Å². The lowest BCUT2D eigenvalue weighted by Crippen LogP contribution is -2.54. The molecule has 1 saturated heterocycles. The molecule has 72 valence electrons. The number of likely N-dealkylation sites (N-methyl/N-ethyl adjacent to an activating group) is 2. The number of nitrogens with zero attached hydrogens (tertiary/aromatic N) is 1. The molecule has 0 aromatic carbocycles. The Morgan fingerprint density at radius 2 is 2.33 bits per heavy atom. The molecule has 0 aliphatic carbocycles. The average molecular weight is 171 g/mol. The van der Waals surface area contributed by atoms with E-state index in [1.54, 1.807) is 0 Å².